The molecular formula is C27H26O5. The van der Waals surface area contributed by atoms with Gasteiger partial charge in [-0.1, -0.05) is 42.2 Å². The van der Waals surface area contributed by atoms with Crippen LogP contribution in [0.2, 0.25) is 0 Å². The summed E-state index contributed by atoms with van der Waals surface area (Å²) in [6, 6.07) is 24.7. The summed E-state index contributed by atoms with van der Waals surface area (Å²) < 4.78 is 16.5. The first-order valence-electron chi connectivity index (χ1n) is 10.4. The zero-order chi connectivity index (χ0) is 22.6. The van der Waals surface area contributed by atoms with Gasteiger partial charge in [-0.25, -0.2) is 4.79 Å². The normalized spacial score (nSPS) is 11.2. The van der Waals surface area contributed by atoms with Crippen molar-refractivity contribution in [3.8, 4) is 29.1 Å². The van der Waals surface area contributed by atoms with Crippen LogP contribution in [0.5, 0.6) is 17.2 Å². The second kappa shape index (κ2) is 12.2. The van der Waals surface area contributed by atoms with Crippen LogP contribution < -0.4 is 9.47 Å². The van der Waals surface area contributed by atoms with Gasteiger partial charge in [0.05, 0.1) is 6.61 Å². The Bertz CT molecular complexity index is 1050. The number of hydrogen-bond donors (Lipinski definition) is 1. The van der Waals surface area contributed by atoms with Gasteiger partial charge in [0, 0.05) is 25.5 Å². The lowest BCUT2D eigenvalue weighted by Gasteiger charge is -2.10. The van der Waals surface area contributed by atoms with Gasteiger partial charge in [-0.05, 0) is 60.5 Å². The van der Waals surface area contributed by atoms with Crippen LogP contribution in [0.3, 0.4) is 0 Å². The molecule has 3 rings (SSSR count). The van der Waals surface area contributed by atoms with E-state index < -0.39 is 12.1 Å². The average Bonchev–Trinajstić information content (AvgIpc) is 2.81. The topological polar surface area (TPSA) is 65.0 Å². The maximum Gasteiger partial charge on any atom is 0.333 e. The second-order valence-corrected chi connectivity index (χ2v) is 7.11. The molecule has 1 unspecified atom stereocenters. The van der Waals surface area contributed by atoms with E-state index in [0.717, 1.165) is 34.8 Å². The van der Waals surface area contributed by atoms with Crippen LogP contribution in [-0.4, -0.2) is 30.9 Å². The zero-order valence-electron chi connectivity index (χ0n) is 18.0. The van der Waals surface area contributed by atoms with E-state index in [1.807, 2.05) is 78.9 Å². The molecule has 0 saturated carbocycles. The summed E-state index contributed by atoms with van der Waals surface area (Å²) in [5, 5.41) is 9.11. The fourth-order valence-corrected chi connectivity index (χ4v) is 3.01. The number of para-hydroxylation sites is 1. The van der Waals surface area contributed by atoms with E-state index >= 15 is 0 Å². The molecule has 0 aliphatic rings. The molecule has 0 radical (unpaired) electrons. The minimum Gasteiger partial charge on any atom is -0.494 e. The van der Waals surface area contributed by atoms with Crippen molar-refractivity contribution in [3.05, 3.63) is 90.0 Å². The van der Waals surface area contributed by atoms with E-state index in [1.165, 1.54) is 7.11 Å². The Morgan fingerprint density at radius 1 is 0.938 bits per heavy atom. The van der Waals surface area contributed by atoms with Crippen molar-refractivity contribution in [2.75, 3.05) is 13.7 Å². The van der Waals surface area contributed by atoms with Crippen molar-refractivity contribution in [1.82, 2.24) is 0 Å². The average molecular weight is 431 g/mol. The number of carboxylic acid groups (broad SMARTS) is 1. The minimum atomic E-state index is -0.970. The Labute approximate surface area is 188 Å². The van der Waals surface area contributed by atoms with E-state index in [-0.39, 0.29) is 0 Å². The van der Waals surface area contributed by atoms with Crippen molar-refractivity contribution in [2.24, 2.45) is 0 Å². The van der Waals surface area contributed by atoms with Gasteiger partial charge < -0.3 is 19.3 Å². The summed E-state index contributed by atoms with van der Waals surface area (Å²) in [7, 11) is 1.40. The Morgan fingerprint density at radius 2 is 1.66 bits per heavy atom. The number of aliphatic carboxylic acids is 1. The summed E-state index contributed by atoms with van der Waals surface area (Å²) in [5.74, 6) is 7.65. The number of carboxylic acids is 1. The molecule has 0 aromatic heterocycles. The van der Waals surface area contributed by atoms with Crippen LogP contribution >= 0.6 is 0 Å². The van der Waals surface area contributed by atoms with E-state index in [9.17, 15) is 4.79 Å². The van der Waals surface area contributed by atoms with Crippen LogP contribution in [0.1, 0.15) is 24.0 Å². The van der Waals surface area contributed by atoms with Crippen molar-refractivity contribution in [2.45, 2.75) is 25.4 Å². The third-order valence-electron chi connectivity index (χ3n) is 4.66. The molecule has 0 fully saturated rings. The lowest BCUT2D eigenvalue weighted by atomic mass is 10.0. The van der Waals surface area contributed by atoms with Crippen molar-refractivity contribution in [3.63, 3.8) is 0 Å². The monoisotopic (exact) mass is 430 g/mol. The van der Waals surface area contributed by atoms with Gasteiger partial charge in [0.1, 0.15) is 17.2 Å². The summed E-state index contributed by atoms with van der Waals surface area (Å²) in [6.07, 6.45) is 0.966. The van der Waals surface area contributed by atoms with Crippen molar-refractivity contribution < 1.29 is 24.1 Å². The lowest BCUT2D eigenvalue weighted by molar-refractivity contribution is -0.148. The van der Waals surface area contributed by atoms with E-state index in [0.29, 0.717) is 19.4 Å². The van der Waals surface area contributed by atoms with E-state index in [2.05, 4.69) is 11.8 Å². The molecule has 0 aliphatic heterocycles. The fraction of sp³-hybridized carbons (Fsp3) is 0.222. The first-order valence-corrected chi connectivity index (χ1v) is 10.4. The molecule has 5 nitrogen and oxygen atoms in total. The minimum absolute atomic E-state index is 0.310. The standard InChI is InChI=1S/C27H26O5/c1-30-26(27(28)29)20-22-11-8-10-21(19-22)9-4-3-7-18-31-23-14-16-25(17-15-23)32-24-12-5-2-6-13-24/h2,5-6,8,10-17,19,26H,3,7,18,20H2,1H3,(H,28,29). The largest absolute Gasteiger partial charge is 0.494 e. The van der Waals surface area contributed by atoms with E-state index in [1.54, 1.807) is 0 Å². The van der Waals surface area contributed by atoms with Crippen molar-refractivity contribution in [1.29, 1.82) is 0 Å². The zero-order valence-corrected chi connectivity index (χ0v) is 18.0. The molecule has 5 heteroatoms. The number of benzene rings is 3. The van der Waals surface area contributed by atoms with Crippen LogP contribution in [0.15, 0.2) is 78.9 Å². The van der Waals surface area contributed by atoms with Gasteiger partial charge in [-0.2, -0.15) is 0 Å². The second-order valence-electron chi connectivity index (χ2n) is 7.11. The predicted octanol–water partition coefficient (Wildman–Crippen LogP) is 5.33. The molecule has 0 amide bonds. The molecule has 0 spiro atoms. The molecular weight excluding hydrogens is 404 g/mol. The molecule has 3 aromatic rings. The van der Waals surface area contributed by atoms with Gasteiger partial charge in [-0.3, -0.25) is 0 Å². The van der Waals surface area contributed by atoms with Gasteiger partial charge in [0.2, 0.25) is 0 Å². The quantitative estimate of drug-likeness (QED) is 0.348. The summed E-state index contributed by atoms with van der Waals surface area (Å²) in [5.41, 5.74) is 1.74. The van der Waals surface area contributed by atoms with Gasteiger partial charge in [0.15, 0.2) is 6.10 Å². The number of ether oxygens (including phenoxy) is 3. The third kappa shape index (κ3) is 7.50. The van der Waals surface area contributed by atoms with Gasteiger partial charge in [0.25, 0.3) is 0 Å². The molecule has 0 heterocycles. The highest BCUT2D eigenvalue weighted by Crippen LogP contribution is 2.23. The summed E-state index contributed by atoms with van der Waals surface area (Å²) >= 11 is 0. The molecule has 32 heavy (non-hydrogen) atoms. The number of rotatable bonds is 10. The number of hydrogen-bond acceptors (Lipinski definition) is 4. The van der Waals surface area contributed by atoms with Crippen LogP contribution in [0, 0.1) is 11.8 Å². The molecule has 0 bridgehead atoms. The highest BCUT2D eigenvalue weighted by atomic mass is 16.5. The fourth-order valence-electron chi connectivity index (χ4n) is 3.01. The Hall–Kier alpha value is -3.75. The molecule has 1 atom stereocenters. The highest BCUT2D eigenvalue weighted by Gasteiger charge is 2.16. The predicted molar refractivity (Wildman–Crippen MR) is 123 cm³/mol. The molecule has 1 N–H and O–H groups in total. The van der Waals surface area contributed by atoms with Crippen molar-refractivity contribution >= 4 is 5.97 Å². The number of carbonyl (C=O) groups is 1. The third-order valence-corrected chi connectivity index (χ3v) is 4.66. The van der Waals surface area contributed by atoms with Crippen LogP contribution in [0.4, 0.5) is 0 Å². The summed E-state index contributed by atoms with van der Waals surface area (Å²) in [4.78, 5) is 11.1. The Morgan fingerprint density at radius 3 is 2.38 bits per heavy atom. The first kappa shape index (κ1) is 22.9. The number of unbranched alkanes of at least 4 members (excludes halogenated alkanes) is 1. The van der Waals surface area contributed by atoms with Gasteiger partial charge >= 0.3 is 5.97 Å². The molecule has 0 saturated heterocycles. The lowest BCUT2D eigenvalue weighted by Crippen LogP contribution is -2.24. The summed E-state index contributed by atoms with van der Waals surface area (Å²) in [6.45, 7) is 0.571. The SMILES string of the molecule is COC(Cc1cccc(C#CCCCOc2ccc(Oc3ccccc3)cc2)c1)C(=O)O. The smallest absolute Gasteiger partial charge is 0.333 e. The maximum atomic E-state index is 11.1. The Kier molecular flexibility index (Phi) is 8.73. The van der Waals surface area contributed by atoms with Crippen LogP contribution in [0.25, 0.3) is 0 Å². The molecule has 164 valence electrons. The van der Waals surface area contributed by atoms with E-state index in [4.69, 9.17) is 19.3 Å². The van der Waals surface area contributed by atoms with Gasteiger partial charge in [-0.15, -0.1) is 0 Å². The number of methoxy groups -OCH3 is 1. The maximum absolute atomic E-state index is 11.1. The van der Waals surface area contributed by atoms with Crippen LogP contribution in [-0.2, 0) is 16.0 Å². The highest BCUT2D eigenvalue weighted by molar-refractivity contribution is 5.72. The Balaban J connectivity index is 1.41. The first-order chi connectivity index (χ1) is 15.6. The molecule has 0 aliphatic carbocycles. The molecule has 3 aromatic carbocycles.